The number of fused-ring (bicyclic) bond motifs is 1. The Labute approximate surface area is 167 Å². The molecule has 3 N–H and O–H groups in total. The lowest BCUT2D eigenvalue weighted by atomic mass is 10.1. The van der Waals surface area contributed by atoms with Crippen molar-refractivity contribution in [2.45, 2.75) is 11.1 Å². The van der Waals surface area contributed by atoms with Crippen LogP contribution < -0.4 is 15.4 Å². The number of para-hydroxylation sites is 1. The third-order valence-corrected chi connectivity index (χ3v) is 6.05. The van der Waals surface area contributed by atoms with Crippen molar-refractivity contribution in [3.05, 3.63) is 88.9 Å². The molecule has 0 aromatic heterocycles. The van der Waals surface area contributed by atoms with Crippen molar-refractivity contribution in [2.24, 2.45) is 0 Å². The fraction of sp³-hybridized carbons (Fsp3) is 0.0500. The maximum atomic E-state index is 12.4. The van der Waals surface area contributed by atoms with Gasteiger partial charge in [0, 0.05) is 16.3 Å². The summed E-state index contributed by atoms with van der Waals surface area (Å²) >= 11 is 5.93. The summed E-state index contributed by atoms with van der Waals surface area (Å²) < 4.78 is 27.5. The van der Waals surface area contributed by atoms with E-state index in [0.717, 1.165) is 0 Å². The Morgan fingerprint density at radius 2 is 1.71 bits per heavy atom. The first-order valence-corrected chi connectivity index (χ1v) is 10.3. The number of amides is 1. The summed E-state index contributed by atoms with van der Waals surface area (Å²) in [5.74, 6) is -0.281. The summed E-state index contributed by atoms with van der Waals surface area (Å²) in [7, 11) is -3.61. The molecule has 0 radical (unpaired) electrons. The van der Waals surface area contributed by atoms with Gasteiger partial charge in [0.2, 0.25) is 10.0 Å². The number of hydrogen-bond donors (Lipinski definition) is 3. The molecule has 0 fully saturated rings. The predicted octanol–water partition coefficient (Wildman–Crippen LogP) is 3.99. The summed E-state index contributed by atoms with van der Waals surface area (Å²) in [6.07, 6.45) is -0.620. The molecule has 1 aliphatic rings. The van der Waals surface area contributed by atoms with E-state index < -0.39 is 16.2 Å². The van der Waals surface area contributed by atoms with Crippen LogP contribution >= 0.6 is 11.6 Å². The van der Waals surface area contributed by atoms with Gasteiger partial charge in [-0.25, -0.2) is 8.42 Å². The molecule has 0 spiro atoms. The van der Waals surface area contributed by atoms with Gasteiger partial charge in [-0.2, -0.15) is 4.72 Å². The average molecular weight is 414 g/mol. The Bertz CT molecular complexity index is 1150. The van der Waals surface area contributed by atoms with Crippen LogP contribution in [-0.2, 0) is 10.0 Å². The maximum absolute atomic E-state index is 12.4. The quantitative estimate of drug-likeness (QED) is 0.605. The number of benzene rings is 3. The molecule has 4 rings (SSSR count). The molecule has 142 valence electrons. The monoisotopic (exact) mass is 413 g/mol. The molecular formula is C20H16ClN3O3S. The number of carbonyl (C=O) groups excluding carboxylic acids is 1. The first-order chi connectivity index (χ1) is 13.4. The highest BCUT2D eigenvalue weighted by molar-refractivity contribution is 7.89. The number of nitrogens with one attached hydrogen (secondary N) is 3. The zero-order valence-corrected chi connectivity index (χ0v) is 16.1. The number of rotatable bonds is 3. The molecule has 0 bridgehead atoms. The molecule has 8 heteroatoms. The van der Waals surface area contributed by atoms with Crippen molar-refractivity contribution in [1.82, 2.24) is 4.72 Å². The molecule has 3 aromatic rings. The van der Waals surface area contributed by atoms with Gasteiger partial charge >= 0.3 is 0 Å². The normalized spacial score (nSPS) is 17.2. The smallest absolute Gasteiger partial charge is 0.255 e. The van der Waals surface area contributed by atoms with Crippen LogP contribution in [0.15, 0.2) is 77.7 Å². The molecule has 1 atom stereocenters. The highest BCUT2D eigenvalue weighted by atomic mass is 35.5. The van der Waals surface area contributed by atoms with E-state index in [-0.39, 0.29) is 10.8 Å². The third-order valence-electron chi connectivity index (χ3n) is 4.34. The minimum Gasteiger partial charge on any atom is -0.364 e. The van der Waals surface area contributed by atoms with Gasteiger partial charge in [0.05, 0.1) is 5.69 Å². The van der Waals surface area contributed by atoms with Crippen molar-refractivity contribution in [2.75, 3.05) is 10.6 Å². The molecule has 0 unspecified atom stereocenters. The lowest BCUT2D eigenvalue weighted by Crippen LogP contribution is -2.38. The second-order valence-corrected chi connectivity index (χ2v) is 8.40. The van der Waals surface area contributed by atoms with Gasteiger partial charge in [-0.15, -0.1) is 0 Å². The largest absolute Gasteiger partial charge is 0.364 e. The van der Waals surface area contributed by atoms with Gasteiger partial charge in [0.25, 0.3) is 5.91 Å². The molecular weight excluding hydrogens is 398 g/mol. The van der Waals surface area contributed by atoms with Crippen molar-refractivity contribution in [1.29, 1.82) is 0 Å². The molecule has 6 nitrogen and oxygen atoms in total. The van der Waals surface area contributed by atoms with Crippen LogP contribution in [0, 0.1) is 0 Å². The Hall–Kier alpha value is -2.87. The minimum atomic E-state index is -3.61. The highest BCUT2D eigenvalue weighted by Gasteiger charge is 2.29. The molecule has 1 aliphatic heterocycles. The standard InChI is InChI=1S/C20H16ClN3O3S/c21-15-4-3-5-16(12-15)22-20(25)14-10-8-13(9-11-14)19-23-17-6-1-2-7-18(17)28(26,27)24-19/h1-12,19,23-24H,(H,22,25)/t19-/m0/s1. The van der Waals surface area contributed by atoms with Crippen LogP contribution in [0.4, 0.5) is 11.4 Å². The first kappa shape index (κ1) is 18.5. The van der Waals surface area contributed by atoms with E-state index in [2.05, 4.69) is 15.4 Å². The Morgan fingerprint density at radius 1 is 0.964 bits per heavy atom. The SMILES string of the molecule is O=C(Nc1cccc(Cl)c1)c1ccc([C@H]2Nc3ccccc3S(=O)(=O)N2)cc1. The molecule has 0 saturated heterocycles. The van der Waals surface area contributed by atoms with Crippen LogP contribution in [0.1, 0.15) is 22.1 Å². The summed E-state index contributed by atoms with van der Waals surface area (Å²) in [5, 5.41) is 6.46. The van der Waals surface area contributed by atoms with Crippen molar-refractivity contribution >= 4 is 38.9 Å². The number of sulfonamides is 1. The zero-order valence-electron chi connectivity index (χ0n) is 14.5. The fourth-order valence-corrected chi connectivity index (χ4v) is 4.47. The zero-order chi connectivity index (χ0) is 19.7. The Morgan fingerprint density at radius 3 is 2.46 bits per heavy atom. The second-order valence-electron chi connectivity index (χ2n) is 6.28. The summed E-state index contributed by atoms with van der Waals surface area (Å²) in [4.78, 5) is 12.6. The molecule has 28 heavy (non-hydrogen) atoms. The van der Waals surface area contributed by atoms with Gasteiger partial charge in [-0.3, -0.25) is 4.79 Å². The number of carbonyl (C=O) groups is 1. The van der Waals surface area contributed by atoms with Gasteiger partial charge in [0.1, 0.15) is 11.1 Å². The van der Waals surface area contributed by atoms with E-state index in [1.165, 1.54) is 0 Å². The highest BCUT2D eigenvalue weighted by Crippen LogP contribution is 2.30. The topological polar surface area (TPSA) is 87.3 Å². The van der Waals surface area contributed by atoms with Crippen molar-refractivity contribution in [3.63, 3.8) is 0 Å². The fourth-order valence-electron chi connectivity index (χ4n) is 2.97. The van der Waals surface area contributed by atoms with E-state index in [1.807, 2.05) is 0 Å². The lowest BCUT2D eigenvalue weighted by molar-refractivity contribution is 0.102. The van der Waals surface area contributed by atoms with E-state index in [0.29, 0.717) is 27.5 Å². The van der Waals surface area contributed by atoms with Gasteiger partial charge in [0.15, 0.2) is 0 Å². The second kappa shape index (κ2) is 7.27. The van der Waals surface area contributed by atoms with Crippen LogP contribution in [0.3, 0.4) is 0 Å². The van der Waals surface area contributed by atoms with Gasteiger partial charge < -0.3 is 10.6 Å². The van der Waals surface area contributed by atoms with E-state index in [4.69, 9.17) is 11.6 Å². The van der Waals surface area contributed by atoms with Gasteiger partial charge in [-0.1, -0.05) is 41.9 Å². The number of hydrogen-bond acceptors (Lipinski definition) is 4. The molecule has 3 aromatic carbocycles. The first-order valence-electron chi connectivity index (χ1n) is 8.47. The molecule has 0 saturated carbocycles. The predicted molar refractivity (Wildman–Crippen MR) is 109 cm³/mol. The van der Waals surface area contributed by atoms with Crippen LogP contribution in [0.25, 0.3) is 0 Å². The summed E-state index contributed by atoms with van der Waals surface area (Å²) in [5.41, 5.74) is 2.27. The third kappa shape index (κ3) is 3.73. The summed E-state index contributed by atoms with van der Waals surface area (Å²) in [6, 6.07) is 20.3. The van der Waals surface area contributed by atoms with E-state index >= 15 is 0 Å². The van der Waals surface area contributed by atoms with Gasteiger partial charge in [-0.05, 0) is 48.0 Å². The summed E-state index contributed by atoms with van der Waals surface area (Å²) in [6.45, 7) is 0. The molecule has 1 amide bonds. The van der Waals surface area contributed by atoms with E-state index in [1.54, 1.807) is 72.8 Å². The lowest BCUT2D eigenvalue weighted by Gasteiger charge is -2.28. The number of anilines is 2. The van der Waals surface area contributed by atoms with Crippen LogP contribution in [0.5, 0.6) is 0 Å². The Balaban J connectivity index is 1.53. The van der Waals surface area contributed by atoms with E-state index in [9.17, 15) is 13.2 Å². The minimum absolute atomic E-state index is 0.212. The van der Waals surface area contributed by atoms with Crippen LogP contribution in [-0.4, -0.2) is 14.3 Å². The average Bonchev–Trinajstić information content (AvgIpc) is 2.67. The number of halogens is 1. The molecule has 0 aliphatic carbocycles. The van der Waals surface area contributed by atoms with Crippen molar-refractivity contribution in [3.8, 4) is 0 Å². The molecule has 1 heterocycles. The van der Waals surface area contributed by atoms with Crippen LogP contribution in [0.2, 0.25) is 5.02 Å². The van der Waals surface area contributed by atoms with Crippen molar-refractivity contribution < 1.29 is 13.2 Å². The maximum Gasteiger partial charge on any atom is 0.255 e. The Kier molecular flexibility index (Phi) is 4.80.